The molecule has 0 fully saturated rings. The third-order valence-corrected chi connectivity index (χ3v) is 5.08. The fourth-order valence-electron chi connectivity index (χ4n) is 1.70. The van der Waals surface area contributed by atoms with Gasteiger partial charge in [0.15, 0.2) is 5.78 Å². The van der Waals surface area contributed by atoms with Crippen LogP contribution in [0, 0.1) is 0 Å². The minimum atomic E-state index is -3.89. The molecule has 21 heavy (non-hydrogen) atoms. The van der Waals surface area contributed by atoms with Crippen molar-refractivity contribution in [2.24, 2.45) is 0 Å². The molecule has 0 saturated heterocycles. The summed E-state index contributed by atoms with van der Waals surface area (Å²) in [4.78, 5) is 11.2. The Bertz CT molecular complexity index is 804. The van der Waals surface area contributed by atoms with E-state index in [1.54, 1.807) is 18.2 Å². The molecule has 0 aliphatic rings. The van der Waals surface area contributed by atoms with Gasteiger partial charge in [-0.3, -0.25) is 9.52 Å². The Morgan fingerprint density at radius 3 is 2.43 bits per heavy atom. The molecule has 1 N–H and O–H groups in total. The van der Waals surface area contributed by atoms with Crippen molar-refractivity contribution < 1.29 is 13.2 Å². The van der Waals surface area contributed by atoms with Crippen molar-refractivity contribution in [3.8, 4) is 0 Å². The highest BCUT2D eigenvalue weighted by Crippen LogP contribution is 2.30. The summed E-state index contributed by atoms with van der Waals surface area (Å²) in [6, 6.07) is 10.5. The second kappa shape index (κ2) is 6.05. The molecule has 0 unspecified atom stereocenters. The first kappa shape index (κ1) is 15.8. The van der Waals surface area contributed by atoms with Crippen molar-refractivity contribution >= 4 is 44.7 Å². The van der Waals surface area contributed by atoms with Gasteiger partial charge >= 0.3 is 0 Å². The van der Waals surface area contributed by atoms with Gasteiger partial charge in [0, 0.05) is 11.3 Å². The molecule has 2 rings (SSSR count). The van der Waals surface area contributed by atoms with Gasteiger partial charge in [-0.25, -0.2) is 8.42 Å². The van der Waals surface area contributed by atoms with Crippen LogP contribution in [-0.2, 0) is 10.0 Å². The maximum atomic E-state index is 12.3. The third kappa shape index (κ3) is 3.56. The van der Waals surface area contributed by atoms with E-state index in [9.17, 15) is 13.2 Å². The molecular formula is C14H11Cl2NO3S. The standard InChI is InChI=1S/C14H11Cl2NO3S/c1-9(18)10-4-2-5-11(8-10)17-21(19,20)13-7-3-6-12(15)14(13)16/h2-8,17H,1H3. The number of sulfonamides is 1. The van der Waals surface area contributed by atoms with E-state index in [0.29, 0.717) is 5.56 Å². The van der Waals surface area contributed by atoms with Gasteiger partial charge in [-0.1, -0.05) is 41.4 Å². The first-order valence-electron chi connectivity index (χ1n) is 5.89. The van der Waals surface area contributed by atoms with E-state index in [0.717, 1.165) is 0 Å². The van der Waals surface area contributed by atoms with Crippen LogP contribution in [0.1, 0.15) is 17.3 Å². The van der Waals surface area contributed by atoms with Crippen LogP contribution in [0.3, 0.4) is 0 Å². The summed E-state index contributed by atoms with van der Waals surface area (Å²) >= 11 is 11.7. The van der Waals surface area contributed by atoms with Crippen LogP contribution in [0.2, 0.25) is 10.0 Å². The maximum Gasteiger partial charge on any atom is 0.263 e. The van der Waals surface area contributed by atoms with Crippen molar-refractivity contribution in [1.82, 2.24) is 0 Å². The molecule has 0 aliphatic carbocycles. The number of carbonyl (C=O) groups excluding carboxylic acids is 1. The number of rotatable bonds is 4. The van der Waals surface area contributed by atoms with Crippen molar-refractivity contribution in [2.45, 2.75) is 11.8 Å². The Kier molecular flexibility index (Phi) is 4.56. The molecule has 2 aromatic rings. The molecule has 2 aromatic carbocycles. The molecule has 110 valence electrons. The Hall–Kier alpha value is -1.56. The smallest absolute Gasteiger partial charge is 0.263 e. The summed E-state index contributed by atoms with van der Waals surface area (Å²) < 4.78 is 27.0. The molecule has 0 saturated carbocycles. The molecule has 0 radical (unpaired) electrons. The number of hydrogen-bond acceptors (Lipinski definition) is 3. The Morgan fingerprint density at radius 1 is 1.10 bits per heavy atom. The lowest BCUT2D eigenvalue weighted by atomic mass is 10.1. The average Bonchev–Trinajstić information content (AvgIpc) is 2.41. The summed E-state index contributed by atoms with van der Waals surface area (Å²) in [5, 5.41) is 0.103. The molecule has 0 heterocycles. The number of hydrogen-bond donors (Lipinski definition) is 1. The van der Waals surface area contributed by atoms with Crippen LogP contribution in [0.15, 0.2) is 47.4 Å². The summed E-state index contributed by atoms with van der Waals surface area (Å²) in [5.74, 6) is -0.156. The number of ketones is 1. The van der Waals surface area contributed by atoms with Crippen LogP contribution < -0.4 is 4.72 Å². The quantitative estimate of drug-likeness (QED) is 0.853. The zero-order chi connectivity index (χ0) is 15.6. The van der Waals surface area contributed by atoms with Crippen LogP contribution in [0.4, 0.5) is 5.69 Å². The minimum Gasteiger partial charge on any atom is -0.295 e. The molecule has 4 nitrogen and oxygen atoms in total. The normalized spacial score (nSPS) is 11.2. The Labute approximate surface area is 132 Å². The second-order valence-electron chi connectivity index (χ2n) is 4.29. The zero-order valence-corrected chi connectivity index (χ0v) is 13.3. The predicted octanol–water partition coefficient (Wildman–Crippen LogP) is 4.00. The first-order chi connectivity index (χ1) is 9.81. The topological polar surface area (TPSA) is 63.2 Å². The highest BCUT2D eigenvalue weighted by molar-refractivity contribution is 7.92. The molecule has 0 aliphatic heterocycles. The SMILES string of the molecule is CC(=O)c1cccc(NS(=O)(=O)c2cccc(Cl)c2Cl)c1. The molecule has 0 amide bonds. The maximum absolute atomic E-state index is 12.3. The number of anilines is 1. The first-order valence-corrected chi connectivity index (χ1v) is 8.13. The lowest BCUT2D eigenvalue weighted by Gasteiger charge is -2.10. The van der Waals surface area contributed by atoms with Gasteiger partial charge in [-0.05, 0) is 31.2 Å². The van der Waals surface area contributed by atoms with E-state index in [1.165, 1.54) is 31.2 Å². The van der Waals surface area contributed by atoms with E-state index in [1.807, 2.05) is 0 Å². The van der Waals surface area contributed by atoms with Gasteiger partial charge in [0.2, 0.25) is 0 Å². The lowest BCUT2D eigenvalue weighted by molar-refractivity contribution is 0.101. The monoisotopic (exact) mass is 343 g/mol. The van der Waals surface area contributed by atoms with Gasteiger partial charge in [0.25, 0.3) is 10.0 Å². The Morgan fingerprint density at radius 2 is 1.76 bits per heavy atom. The Balaban J connectivity index is 2.40. The van der Waals surface area contributed by atoms with Gasteiger partial charge < -0.3 is 0 Å². The van der Waals surface area contributed by atoms with Crippen LogP contribution >= 0.6 is 23.2 Å². The van der Waals surface area contributed by atoms with Gasteiger partial charge in [-0.2, -0.15) is 0 Å². The number of benzene rings is 2. The number of halogens is 2. The predicted molar refractivity (Wildman–Crippen MR) is 83.7 cm³/mol. The third-order valence-electron chi connectivity index (χ3n) is 2.73. The molecule has 0 atom stereocenters. The van der Waals surface area contributed by atoms with Crippen molar-refractivity contribution in [3.63, 3.8) is 0 Å². The summed E-state index contributed by atoms with van der Waals surface area (Å²) in [7, 11) is -3.89. The molecule has 7 heteroatoms. The number of Topliss-reactive ketones (excluding diaryl/α,β-unsaturated/α-hetero) is 1. The van der Waals surface area contributed by atoms with Gasteiger partial charge in [0.05, 0.1) is 10.0 Å². The van der Waals surface area contributed by atoms with E-state index >= 15 is 0 Å². The highest BCUT2D eigenvalue weighted by atomic mass is 35.5. The van der Waals surface area contributed by atoms with E-state index in [4.69, 9.17) is 23.2 Å². The summed E-state index contributed by atoms with van der Waals surface area (Å²) in [6.07, 6.45) is 0. The van der Waals surface area contributed by atoms with E-state index in [-0.39, 0.29) is 26.4 Å². The van der Waals surface area contributed by atoms with E-state index in [2.05, 4.69) is 4.72 Å². The molecular weight excluding hydrogens is 333 g/mol. The largest absolute Gasteiger partial charge is 0.295 e. The summed E-state index contributed by atoms with van der Waals surface area (Å²) in [6.45, 7) is 1.40. The van der Waals surface area contributed by atoms with Crippen LogP contribution in [-0.4, -0.2) is 14.2 Å². The average molecular weight is 344 g/mol. The van der Waals surface area contributed by atoms with Crippen molar-refractivity contribution in [1.29, 1.82) is 0 Å². The number of carbonyl (C=O) groups is 1. The van der Waals surface area contributed by atoms with Gasteiger partial charge in [0.1, 0.15) is 4.90 Å². The van der Waals surface area contributed by atoms with Gasteiger partial charge in [-0.15, -0.1) is 0 Å². The van der Waals surface area contributed by atoms with Crippen molar-refractivity contribution in [2.75, 3.05) is 4.72 Å². The fourth-order valence-corrected chi connectivity index (χ4v) is 3.52. The number of nitrogens with one attached hydrogen (secondary N) is 1. The second-order valence-corrected chi connectivity index (χ2v) is 6.73. The minimum absolute atomic E-state index is 0.0469. The summed E-state index contributed by atoms with van der Waals surface area (Å²) in [5.41, 5.74) is 0.686. The highest BCUT2D eigenvalue weighted by Gasteiger charge is 2.19. The fraction of sp³-hybridized carbons (Fsp3) is 0.0714. The molecule has 0 aromatic heterocycles. The van der Waals surface area contributed by atoms with Crippen molar-refractivity contribution in [3.05, 3.63) is 58.1 Å². The zero-order valence-electron chi connectivity index (χ0n) is 10.9. The molecule has 0 spiro atoms. The van der Waals surface area contributed by atoms with Crippen LogP contribution in [0.25, 0.3) is 0 Å². The van der Waals surface area contributed by atoms with Crippen LogP contribution in [0.5, 0.6) is 0 Å². The molecule has 0 bridgehead atoms. The lowest BCUT2D eigenvalue weighted by Crippen LogP contribution is -2.13. The van der Waals surface area contributed by atoms with E-state index < -0.39 is 10.0 Å².